The smallest absolute Gasteiger partial charge is 0.433 e. The average Bonchev–Trinajstić information content (AvgIpc) is 3.18. The second-order valence-corrected chi connectivity index (χ2v) is 8.96. The molecule has 1 saturated heterocycles. The molecule has 0 unspecified atom stereocenters. The Labute approximate surface area is 177 Å². The summed E-state index contributed by atoms with van der Waals surface area (Å²) >= 11 is 0. The molecule has 1 aliphatic heterocycles. The first-order chi connectivity index (χ1) is 14.9. The third-order valence-electron chi connectivity index (χ3n) is 5.28. The predicted octanol–water partition coefficient (Wildman–Crippen LogP) is 3.97. The molecule has 1 saturated carbocycles. The van der Waals surface area contributed by atoms with Crippen LogP contribution in [-0.4, -0.2) is 46.6 Å². The summed E-state index contributed by atoms with van der Waals surface area (Å²) in [4.78, 5) is 30.6. The molecule has 0 bridgehead atoms. The molecule has 3 atom stereocenters. The van der Waals surface area contributed by atoms with Crippen LogP contribution in [0.15, 0.2) is 12.1 Å². The van der Waals surface area contributed by atoms with Crippen molar-refractivity contribution in [1.29, 1.82) is 0 Å². The Bertz CT molecular complexity index is 949. The van der Waals surface area contributed by atoms with Crippen LogP contribution in [0.3, 0.4) is 0 Å². The Morgan fingerprint density at radius 2 is 2.03 bits per heavy atom. The Hall–Kier alpha value is -2.36. The molecule has 1 aromatic heterocycles. The highest BCUT2D eigenvalue weighted by Crippen LogP contribution is 2.59. The number of rotatable bonds is 4. The molecule has 2 fully saturated rings. The number of ether oxygens (including phenoxy) is 2. The van der Waals surface area contributed by atoms with E-state index in [1.165, 1.54) is 4.90 Å². The molecule has 3 rings (SSSR count). The second kappa shape index (κ2) is 7.40. The third-order valence-corrected chi connectivity index (χ3v) is 5.28. The number of carbonyl (C=O) groups excluding carboxylic acids is 2. The minimum atomic E-state index is -4.78. The highest BCUT2D eigenvalue weighted by Gasteiger charge is 2.65. The van der Waals surface area contributed by atoms with Crippen molar-refractivity contribution in [3.63, 3.8) is 0 Å². The zero-order chi connectivity index (χ0) is 25.0. The normalized spacial score (nSPS) is 27.6. The van der Waals surface area contributed by atoms with Crippen molar-refractivity contribution in [2.45, 2.75) is 71.0 Å². The minimum absolute atomic E-state index is 0.0503. The number of alkyl halides is 3. The maximum atomic E-state index is 13.2. The number of fused-ring (bicyclic) bond motifs is 1. The molecule has 1 aromatic rings. The molecule has 0 spiro atoms. The van der Waals surface area contributed by atoms with Crippen molar-refractivity contribution < 1.29 is 36.3 Å². The quantitative estimate of drug-likeness (QED) is 0.779. The number of hydrogen-bond acceptors (Lipinski definition) is 5. The van der Waals surface area contributed by atoms with Crippen LogP contribution >= 0.6 is 0 Å². The standard InChI is InChI=1S/C20H26F3N3O4/c1-18(2,3)30-17(28)26-12(8-19(4)9-14(19)26)16(27)25-15-11(10-29-5)6-7-13(24-15)20(21,22)23/h6-7,12,14H,8-10H2,1-5H3,(H,24,25,27)/t12-,14+,19-/m0/s1/i5D3. The lowest BCUT2D eigenvalue weighted by Crippen LogP contribution is -2.47. The van der Waals surface area contributed by atoms with Crippen molar-refractivity contribution in [3.05, 3.63) is 23.4 Å². The molecule has 166 valence electrons. The number of pyridine rings is 1. The maximum Gasteiger partial charge on any atom is 0.433 e. The van der Waals surface area contributed by atoms with Crippen molar-refractivity contribution in [2.75, 3.05) is 12.4 Å². The SMILES string of the molecule is [2H]C([2H])([2H])OCc1ccc(C(F)(F)F)nc1NC(=O)[C@@H]1C[C@@]2(C)C[C@H]2N1C(=O)OC(C)(C)C. The maximum absolute atomic E-state index is 13.2. The van der Waals surface area contributed by atoms with Gasteiger partial charge < -0.3 is 14.8 Å². The van der Waals surface area contributed by atoms with Gasteiger partial charge in [0.1, 0.15) is 23.2 Å². The van der Waals surface area contributed by atoms with Crippen LogP contribution in [0.2, 0.25) is 0 Å². The fraction of sp³-hybridized carbons (Fsp3) is 0.650. The van der Waals surface area contributed by atoms with Gasteiger partial charge in [0.2, 0.25) is 5.91 Å². The van der Waals surface area contributed by atoms with Crippen molar-refractivity contribution in [1.82, 2.24) is 9.88 Å². The van der Waals surface area contributed by atoms with E-state index in [0.717, 1.165) is 6.07 Å². The molecule has 2 heterocycles. The monoisotopic (exact) mass is 432 g/mol. The lowest BCUT2D eigenvalue weighted by molar-refractivity contribution is -0.141. The van der Waals surface area contributed by atoms with Gasteiger partial charge >= 0.3 is 12.3 Å². The number of hydrogen-bond donors (Lipinski definition) is 1. The molecule has 0 radical (unpaired) electrons. The van der Waals surface area contributed by atoms with Crippen LogP contribution in [0.4, 0.5) is 23.8 Å². The van der Waals surface area contributed by atoms with Gasteiger partial charge in [0.15, 0.2) is 0 Å². The number of likely N-dealkylation sites (tertiary alicyclic amines) is 1. The second-order valence-electron chi connectivity index (χ2n) is 8.96. The molecule has 10 heteroatoms. The number of anilines is 1. The van der Waals surface area contributed by atoms with Crippen molar-refractivity contribution in [3.8, 4) is 0 Å². The largest absolute Gasteiger partial charge is 0.444 e. The number of nitrogens with zero attached hydrogens (tertiary/aromatic N) is 2. The van der Waals surface area contributed by atoms with Crippen LogP contribution < -0.4 is 5.32 Å². The fourth-order valence-corrected chi connectivity index (χ4v) is 3.73. The van der Waals surface area contributed by atoms with Crippen LogP contribution in [0.5, 0.6) is 0 Å². The van der Waals surface area contributed by atoms with Crippen molar-refractivity contribution >= 4 is 17.8 Å². The first-order valence-electron chi connectivity index (χ1n) is 10.9. The molecular weight excluding hydrogens is 403 g/mol. The molecule has 7 nitrogen and oxygen atoms in total. The molecular formula is C20H26F3N3O4. The Kier molecular flexibility index (Phi) is 4.54. The summed E-state index contributed by atoms with van der Waals surface area (Å²) in [5.74, 6) is -1.22. The van der Waals surface area contributed by atoms with E-state index in [1.807, 2.05) is 6.92 Å². The van der Waals surface area contributed by atoms with Gasteiger partial charge in [0.05, 0.1) is 10.7 Å². The summed E-state index contributed by atoms with van der Waals surface area (Å²) in [6.45, 7) is 6.38. The summed E-state index contributed by atoms with van der Waals surface area (Å²) in [5, 5.41) is 2.34. The molecule has 1 N–H and O–H groups in total. The molecule has 2 aliphatic rings. The van der Waals surface area contributed by atoms with Crippen molar-refractivity contribution in [2.24, 2.45) is 5.41 Å². The van der Waals surface area contributed by atoms with Crippen LogP contribution in [-0.2, 0) is 27.1 Å². The van der Waals surface area contributed by atoms with Gasteiger partial charge in [-0.2, -0.15) is 13.2 Å². The van der Waals surface area contributed by atoms with E-state index in [-0.39, 0.29) is 17.0 Å². The predicted molar refractivity (Wildman–Crippen MR) is 102 cm³/mol. The average molecular weight is 432 g/mol. The minimum Gasteiger partial charge on any atom is -0.444 e. The molecule has 30 heavy (non-hydrogen) atoms. The number of aromatic nitrogens is 1. The van der Waals surface area contributed by atoms with Gasteiger partial charge in [-0.25, -0.2) is 9.78 Å². The lowest BCUT2D eigenvalue weighted by Gasteiger charge is -2.30. The number of halogens is 3. The summed E-state index contributed by atoms with van der Waals surface area (Å²) in [6.07, 6.45) is -4.47. The summed E-state index contributed by atoms with van der Waals surface area (Å²) in [6, 6.07) is 0.482. The first kappa shape index (κ1) is 18.4. The zero-order valence-electron chi connectivity index (χ0n) is 20.1. The van der Waals surface area contributed by atoms with E-state index < -0.39 is 55.0 Å². The van der Waals surface area contributed by atoms with E-state index >= 15 is 0 Å². The third kappa shape index (κ3) is 4.53. The van der Waals surface area contributed by atoms with E-state index in [9.17, 15) is 22.8 Å². The first-order valence-corrected chi connectivity index (χ1v) is 9.43. The molecule has 1 aliphatic carbocycles. The number of amides is 2. The van der Waals surface area contributed by atoms with Gasteiger partial charge in [-0.1, -0.05) is 13.0 Å². The van der Waals surface area contributed by atoms with E-state index in [0.29, 0.717) is 18.9 Å². The highest BCUT2D eigenvalue weighted by atomic mass is 19.4. The van der Waals surface area contributed by atoms with Gasteiger partial charge in [-0.05, 0) is 45.1 Å². The van der Waals surface area contributed by atoms with Crippen LogP contribution in [0.1, 0.15) is 55.9 Å². The van der Waals surface area contributed by atoms with E-state index in [4.69, 9.17) is 8.85 Å². The van der Waals surface area contributed by atoms with E-state index in [1.54, 1.807) is 20.8 Å². The summed E-state index contributed by atoms with van der Waals surface area (Å²) in [5.41, 5.74) is -2.40. The van der Waals surface area contributed by atoms with Gasteiger partial charge in [-0.15, -0.1) is 0 Å². The van der Waals surface area contributed by atoms with Gasteiger partial charge in [0.25, 0.3) is 0 Å². The van der Waals surface area contributed by atoms with E-state index in [2.05, 4.69) is 15.0 Å². The Morgan fingerprint density at radius 1 is 1.33 bits per heavy atom. The fourth-order valence-electron chi connectivity index (χ4n) is 3.73. The lowest BCUT2D eigenvalue weighted by atomic mass is 10.0. The highest BCUT2D eigenvalue weighted by molar-refractivity contribution is 5.97. The van der Waals surface area contributed by atoms with Crippen LogP contribution in [0, 0.1) is 5.41 Å². The number of methoxy groups -OCH3 is 1. The van der Waals surface area contributed by atoms with Gasteiger partial charge in [-0.3, -0.25) is 9.69 Å². The van der Waals surface area contributed by atoms with Crippen LogP contribution in [0.25, 0.3) is 0 Å². The Morgan fingerprint density at radius 3 is 2.63 bits per heavy atom. The summed E-state index contributed by atoms with van der Waals surface area (Å²) in [7, 11) is -2.79. The topological polar surface area (TPSA) is 80.8 Å². The number of piperidine rings is 1. The Balaban J connectivity index is 1.86. The number of carbonyl (C=O) groups is 2. The molecule has 2 amide bonds. The zero-order valence-corrected chi connectivity index (χ0v) is 17.1. The number of nitrogens with one attached hydrogen (secondary N) is 1. The molecule has 0 aromatic carbocycles. The van der Waals surface area contributed by atoms with Gasteiger partial charge in [0, 0.05) is 18.6 Å². The summed E-state index contributed by atoms with van der Waals surface area (Å²) < 4.78 is 71.0.